The molecule has 1 aromatic carbocycles. The summed E-state index contributed by atoms with van der Waals surface area (Å²) in [5, 5.41) is 8.21. The van der Waals surface area contributed by atoms with E-state index in [0.29, 0.717) is 30.6 Å². The zero-order chi connectivity index (χ0) is 18.8. The van der Waals surface area contributed by atoms with E-state index in [-0.39, 0.29) is 11.5 Å². The molecule has 7 nitrogen and oxygen atoms in total. The number of likely N-dealkylation sites (N-methyl/N-ethyl adjacent to an activating group) is 1. The summed E-state index contributed by atoms with van der Waals surface area (Å²) in [5.74, 6) is -0.0377. The number of hydrogen-bond donors (Lipinski definition) is 1. The van der Waals surface area contributed by atoms with Gasteiger partial charge < -0.3 is 9.80 Å². The fraction of sp³-hybridized carbons (Fsp3) is 0.300. The van der Waals surface area contributed by atoms with Crippen LogP contribution in [-0.4, -0.2) is 64.1 Å². The average molecular weight is 363 g/mol. The number of carbonyl (C=O) groups excluding carboxylic acids is 1. The van der Waals surface area contributed by atoms with Crippen LogP contribution in [0, 0.1) is 0 Å². The summed E-state index contributed by atoms with van der Waals surface area (Å²) >= 11 is 0. The van der Waals surface area contributed by atoms with Gasteiger partial charge in [-0.2, -0.15) is 5.10 Å². The van der Waals surface area contributed by atoms with E-state index in [9.17, 15) is 9.59 Å². The molecular formula is C20H21N5O2. The molecule has 1 N–H and O–H groups in total. The molecule has 0 unspecified atom stereocenters. The number of amides is 1. The minimum Gasteiger partial charge on any atom is -0.335 e. The Morgan fingerprint density at radius 3 is 2.63 bits per heavy atom. The highest BCUT2D eigenvalue weighted by Crippen LogP contribution is 2.17. The lowest BCUT2D eigenvalue weighted by atomic mass is 10.0. The lowest BCUT2D eigenvalue weighted by Gasteiger charge is -2.32. The van der Waals surface area contributed by atoms with E-state index in [4.69, 9.17) is 0 Å². The summed E-state index contributed by atoms with van der Waals surface area (Å²) in [6, 6.07) is 11.1. The van der Waals surface area contributed by atoms with Crippen molar-refractivity contribution in [1.82, 2.24) is 25.0 Å². The van der Waals surface area contributed by atoms with E-state index in [2.05, 4.69) is 27.1 Å². The van der Waals surface area contributed by atoms with Gasteiger partial charge in [-0.1, -0.05) is 18.2 Å². The zero-order valence-corrected chi connectivity index (χ0v) is 15.2. The number of pyridine rings is 1. The van der Waals surface area contributed by atoms with Crippen molar-refractivity contribution in [3.63, 3.8) is 0 Å². The number of piperazine rings is 1. The summed E-state index contributed by atoms with van der Waals surface area (Å²) in [6.07, 6.45) is 2.18. The molecule has 0 saturated carbocycles. The fourth-order valence-electron chi connectivity index (χ4n) is 3.37. The largest absolute Gasteiger partial charge is 0.335 e. The molecule has 0 aliphatic carbocycles. The molecule has 27 heavy (non-hydrogen) atoms. The number of aromatic nitrogens is 3. The summed E-state index contributed by atoms with van der Waals surface area (Å²) in [6.45, 7) is 3.18. The standard InChI is InChI=1S/C20H21N5O2/c1-24-8-10-25(11-9-24)20(27)18-13-14(6-7-21-18)12-17-15-4-2-3-5-16(15)19(26)23-22-17/h2-7,13H,8-12H2,1H3,(H,23,26). The van der Waals surface area contributed by atoms with E-state index in [0.717, 1.165) is 29.7 Å². The van der Waals surface area contributed by atoms with Gasteiger partial charge in [-0.05, 0) is 30.8 Å². The first-order chi connectivity index (χ1) is 13.1. The van der Waals surface area contributed by atoms with Crippen LogP contribution in [0.2, 0.25) is 0 Å². The van der Waals surface area contributed by atoms with Crippen molar-refractivity contribution < 1.29 is 4.79 Å². The molecule has 138 valence electrons. The van der Waals surface area contributed by atoms with Crippen LogP contribution < -0.4 is 5.56 Å². The Kier molecular flexibility index (Phi) is 4.68. The van der Waals surface area contributed by atoms with E-state index in [1.165, 1.54) is 0 Å². The van der Waals surface area contributed by atoms with Gasteiger partial charge in [-0.3, -0.25) is 14.6 Å². The molecule has 0 bridgehead atoms. The number of carbonyl (C=O) groups is 1. The van der Waals surface area contributed by atoms with Crippen molar-refractivity contribution in [2.24, 2.45) is 0 Å². The van der Waals surface area contributed by atoms with Crippen LogP contribution in [0.5, 0.6) is 0 Å². The van der Waals surface area contributed by atoms with Crippen LogP contribution in [0.15, 0.2) is 47.4 Å². The molecule has 1 aliphatic heterocycles. The number of fused-ring (bicyclic) bond motifs is 1. The predicted molar refractivity (Wildman–Crippen MR) is 103 cm³/mol. The second-order valence-electron chi connectivity index (χ2n) is 6.87. The fourth-order valence-corrected chi connectivity index (χ4v) is 3.37. The minimum absolute atomic E-state index is 0.0377. The molecule has 0 atom stereocenters. The summed E-state index contributed by atoms with van der Waals surface area (Å²) < 4.78 is 0. The number of rotatable bonds is 3. The normalized spacial score (nSPS) is 15.2. The van der Waals surface area contributed by atoms with Crippen LogP contribution >= 0.6 is 0 Å². The first kappa shape index (κ1) is 17.4. The summed E-state index contributed by atoms with van der Waals surface area (Å²) in [7, 11) is 2.06. The van der Waals surface area contributed by atoms with Crippen LogP contribution in [0.3, 0.4) is 0 Å². The highest BCUT2D eigenvalue weighted by atomic mass is 16.2. The van der Waals surface area contributed by atoms with Gasteiger partial charge in [-0.25, -0.2) is 5.10 Å². The topological polar surface area (TPSA) is 82.2 Å². The molecule has 0 spiro atoms. The Bertz CT molecular complexity index is 1040. The Hall–Kier alpha value is -3.06. The van der Waals surface area contributed by atoms with Crippen molar-refractivity contribution in [2.45, 2.75) is 6.42 Å². The molecule has 0 radical (unpaired) electrons. The van der Waals surface area contributed by atoms with Gasteiger partial charge in [0, 0.05) is 44.2 Å². The van der Waals surface area contributed by atoms with Gasteiger partial charge in [0.1, 0.15) is 5.69 Å². The predicted octanol–water partition coefficient (Wildman–Crippen LogP) is 1.30. The van der Waals surface area contributed by atoms with Crippen molar-refractivity contribution in [2.75, 3.05) is 33.2 Å². The van der Waals surface area contributed by atoms with E-state index >= 15 is 0 Å². The van der Waals surface area contributed by atoms with Crippen LogP contribution in [0.25, 0.3) is 10.8 Å². The summed E-state index contributed by atoms with van der Waals surface area (Å²) in [5.41, 5.74) is 1.96. The number of nitrogens with zero attached hydrogens (tertiary/aromatic N) is 4. The molecule has 1 amide bonds. The second-order valence-corrected chi connectivity index (χ2v) is 6.87. The van der Waals surface area contributed by atoms with Crippen LogP contribution in [0.4, 0.5) is 0 Å². The third-order valence-electron chi connectivity index (χ3n) is 4.98. The lowest BCUT2D eigenvalue weighted by Crippen LogP contribution is -2.47. The molecule has 4 rings (SSSR count). The zero-order valence-electron chi connectivity index (χ0n) is 15.2. The highest BCUT2D eigenvalue weighted by Gasteiger charge is 2.21. The van der Waals surface area contributed by atoms with Crippen molar-refractivity contribution in [3.8, 4) is 0 Å². The first-order valence-corrected chi connectivity index (χ1v) is 9.01. The van der Waals surface area contributed by atoms with Crippen molar-refractivity contribution >= 4 is 16.7 Å². The van der Waals surface area contributed by atoms with Crippen molar-refractivity contribution in [3.05, 3.63) is 69.9 Å². The maximum Gasteiger partial charge on any atom is 0.272 e. The second kappa shape index (κ2) is 7.28. The SMILES string of the molecule is CN1CCN(C(=O)c2cc(Cc3n[nH]c(=O)c4ccccc34)ccn2)CC1. The third kappa shape index (κ3) is 3.59. The Morgan fingerprint density at radius 1 is 1.11 bits per heavy atom. The Morgan fingerprint density at radius 2 is 1.85 bits per heavy atom. The van der Waals surface area contributed by atoms with Gasteiger partial charge >= 0.3 is 0 Å². The van der Waals surface area contributed by atoms with Gasteiger partial charge in [0.2, 0.25) is 0 Å². The maximum absolute atomic E-state index is 12.7. The maximum atomic E-state index is 12.7. The van der Waals surface area contributed by atoms with Gasteiger partial charge in [-0.15, -0.1) is 0 Å². The number of benzene rings is 1. The molecular weight excluding hydrogens is 342 g/mol. The molecule has 3 heterocycles. The van der Waals surface area contributed by atoms with E-state index in [1.807, 2.05) is 35.2 Å². The lowest BCUT2D eigenvalue weighted by molar-refractivity contribution is 0.0658. The Balaban J connectivity index is 1.60. The number of H-pyrrole nitrogens is 1. The molecule has 1 fully saturated rings. The molecule has 1 aliphatic rings. The average Bonchev–Trinajstić information content (AvgIpc) is 2.71. The van der Waals surface area contributed by atoms with E-state index < -0.39 is 0 Å². The summed E-state index contributed by atoms with van der Waals surface area (Å²) in [4.78, 5) is 33.0. The monoisotopic (exact) mass is 363 g/mol. The highest BCUT2D eigenvalue weighted by molar-refractivity contribution is 5.92. The minimum atomic E-state index is -0.199. The number of nitrogens with one attached hydrogen (secondary N) is 1. The molecule has 2 aromatic heterocycles. The molecule has 1 saturated heterocycles. The van der Waals surface area contributed by atoms with Crippen LogP contribution in [0.1, 0.15) is 21.7 Å². The first-order valence-electron chi connectivity index (χ1n) is 9.01. The van der Waals surface area contributed by atoms with Crippen molar-refractivity contribution in [1.29, 1.82) is 0 Å². The van der Waals surface area contributed by atoms with Crippen LogP contribution in [-0.2, 0) is 6.42 Å². The van der Waals surface area contributed by atoms with Gasteiger partial charge in [0.25, 0.3) is 11.5 Å². The Labute approximate surface area is 156 Å². The van der Waals surface area contributed by atoms with E-state index in [1.54, 1.807) is 12.3 Å². The van der Waals surface area contributed by atoms with Gasteiger partial charge in [0.05, 0.1) is 11.1 Å². The smallest absolute Gasteiger partial charge is 0.272 e. The third-order valence-corrected chi connectivity index (χ3v) is 4.98. The molecule has 7 heteroatoms. The quantitative estimate of drug-likeness (QED) is 0.758. The number of hydrogen-bond acceptors (Lipinski definition) is 5. The number of aromatic amines is 1. The van der Waals surface area contributed by atoms with Gasteiger partial charge in [0.15, 0.2) is 0 Å². The molecule has 3 aromatic rings.